The molecule has 2 aromatic carbocycles. The molecule has 0 radical (unpaired) electrons. The van der Waals surface area contributed by atoms with Gasteiger partial charge in [-0.3, -0.25) is 9.74 Å². The Kier molecular flexibility index (Phi) is 9.81. The van der Waals surface area contributed by atoms with Gasteiger partial charge >= 0.3 is 0 Å². The van der Waals surface area contributed by atoms with Crippen molar-refractivity contribution < 1.29 is 23.2 Å². The molecule has 0 bridgehead atoms. The molecule has 3 aliphatic heterocycles. The van der Waals surface area contributed by atoms with Gasteiger partial charge in [0.05, 0.1) is 31.2 Å². The highest BCUT2D eigenvalue weighted by molar-refractivity contribution is 6.05. The van der Waals surface area contributed by atoms with Crippen molar-refractivity contribution in [3.05, 3.63) is 65.5 Å². The van der Waals surface area contributed by atoms with Crippen LogP contribution in [0.2, 0.25) is 0 Å². The van der Waals surface area contributed by atoms with E-state index in [9.17, 15) is 8.78 Å². The lowest BCUT2D eigenvalue weighted by atomic mass is 9.99. The van der Waals surface area contributed by atoms with Crippen LogP contribution in [0.3, 0.4) is 0 Å². The molecule has 0 amide bonds. The highest BCUT2D eigenvalue weighted by atomic mass is 19.2. The molecular formula is C33H42F2N8O3. The maximum absolute atomic E-state index is 14.7. The fourth-order valence-electron chi connectivity index (χ4n) is 6.66. The number of rotatable bonds is 9. The first kappa shape index (κ1) is 31.9. The van der Waals surface area contributed by atoms with E-state index in [4.69, 9.17) is 14.4 Å². The monoisotopic (exact) mass is 636 g/mol. The van der Waals surface area contributed by atoms with Crippen molar-refractivity contribution in [3.63, 3.8) is 0 Å². The number of aromatic nitrogens is 2. The minimum absolute atomic E-state index is 0.216. The average Bonchev–Trinajstić information content (AvgIpc) is 3.56. The van der Waals surface area contributed by atoms with E-state index in [1.807, 2.05) is 19.1 Å². The summed E-state index contributed by atoms with van der Waals surface area (Å²) in [6.07, 6.45) is 4.07. The van der Waals surface area contributed by atoms with Gasteiger partial charge in [0.25, 0.3) is 0 Å². The second-order valence-corrected chi connectivity index (χ2v) is 12.0. The maximum atomic E-state index is 14.7. The van der Waals surface area contributed by atoms with E-state index in [0.717, 1.165) is 75.1 Å². The Balaban J connectivity index is 1.24. The number of hydroxylamine groups is 1. The summed E-state index contributed by atoms with van der Waals surface area (Å²) >= 11 is 0. The van der Waals surface area contributed by atoms with E-state index < -0.39 is 17.7 Å². The summed E-state index contributed by atoms with van der Waals surface area (Å²) < 4.78 is 34.6. The number of likely N-dealkylation sites (N-methyl/N-ethyl adjacent to an activating group) is 1. The quantitative estimate of drug-likeness (QED) is 0.256. The standard InChI is InChI=1S/C33H42F2N8O3/c1-22(39-45-4)25-18-27(30(44-3)19-29(25)42-11-8-23(9-12-42)41-15-13-40(2)14-16-41)38-31-20-32(37-21-36-31)43-28(10-17-46-43)24-6-5-7-26(34)33(24)35/h5-7,18-21,23,28H,8-17H2,1-4H3,(H,36,37,38)/b39-22+/t28-/m1/s1. The SMILES string of the molecule is CO/N=C(\C)c1cc(Nc2cc(N3OCC[C@@H]3c3cccc(F)c3F)ncn2)c(OC)cc1N1CCC(N2CCN(C)CC2)CC1. The molecule has 246 valence electrons. The van der Waals surface area contributed by atoms with Gasteiger partial charge in [0.2, 0.25) is 0 Å². The zero-order chi connectivity index (χ0) is 32.2. The number of piperidine rings is 1. The molecule has 0 unspecified atom stereocenters. The van der Waals surface area contributed by atoms with Gasteiger partial charge in [-0.2, -0.15) is 0 Å². The smallest absolute Gasteiger partial charge is 0.164 e. The van der Waals surface area contributed by atoms with Crippen molar-refractivity contribution in [2.24, 2.45) is 5.16 Å². The van der Waals surface area contributed by atoms with Crippen molar-refractivity contribution in [1.29, 1.82) is 0 Å². The summed E-state index contributed by atoms with van der Waals surface area (Å²) in [5, 5.41) is 9.15. The number of ether oxygens (including phenoxy) is 1. The van der Waals surface area contributed by atoms with Gasteiger partial charge in [-0.15, -0.1) is 0 Å². The molecule has 6 rings (SSSR count). The highest BCUT2D eigenvalue weighted by Crippen LogP contribution is 2.39. The molecule has 0 aliphatic carbocycles. The summed E-state index contributed by atoms with van der Waals surface area (Å²) in [4.78, 5) is 27.2. The zero-order valence-corrected chi connectivity index (χ0v) is 26.9. The van der Waals surface area contributed by atoms with Crippen LogP contribution in [-0.4, -0.2) is 98.7 Å². The van der Waals surface area contributed by atoms with Crippen LogP contribution >= 0.6 is 0 Å². The predicted molar refractivity (Wildman–Crippen MR) is 174 cm³/mol. The molecule has 3 saturated heterocycles. The third kappa shape index (κ3) is 6.72. The minimum atomic E-state index is -0.896. The lowest BCUT2D eigenvalue weighted by molar-refractivity contribution is 0.0982. The Morgan fingerprint density at radius 1 is 1.00 bits per heavy atom. The van der Waals surface area contributed by atoms with Crippen LogP contribution in [0.1, 0.15) is 43.4 Å². The van der Waals surface area contributed by atoms with Crippen LogP contribution in [0, 0.1) is 11.6 Å². The number of methoxy groups -OCH3 is 1. The van der Waals surface area contributed by atoms with Crippen molar-refractivity contribution >= 4 is 28.7 Å². The molecule has 1 aromatic heterocycles. The van der Waals surface area contributed by atoms with Crippen LogP contribution in [0.25, 0.3) is 0 Å². The summed E-state index contributed by atoms with van der Waals surface area (Å²) in [5.41, 5.74) is 3.58. The molecule has 13 heteroatoms. The first-order chi connectivity index (χ1) is 22.4. The Hall–Kier alpha value is -4.07. The van der Waals surface area contributed by atoms with Crippen LogP contribution < -0.4 is 20.0 Å². The summed E-state index contributed by atoms with van der Waals surface area (Å²) in [6, 6.07) is 9.97. The largest absolute Gasteiger partial charge is 0.494 e. The van der Waals surface area contributed by atoms with Gasteiger partial charge in [-0.25, -0.2) is 23.8 Å². The van der Waals surface area contributed by atoms with E-state index >= 15 is 0 Å². The molecular weight excluding hydrogens is 594 g/mol. The van der Waals surface area contributed by atoms with Crippen LogP contribution in [0.5, 0.6) is 5.75 Å². The lowest BCUT2D eigenvalue weighted by Crippen LogP contribution is -2.52. The number of anilines is 4. The molecule has 1 atom stereocenters. The number of nitrogens with one attached hydrogen (secondary N) is 1. The van der Waals surface area contributed by atoms with Crippen molar-refractivity contribution in [2.45, 2.75) is 38.3 Å². The normalized spacial score (nSPS) is 20.3. The molecule has 3 aliphatic rings. The fraction of sp³-hybridized carbons (Fsp3) is 0.485. The lowest BCUT2D eigenvalue weighted by Gasteiger charge is -2.43. The van der Waals surface area contributed by atoms with Crippen LogP contribution in [0.15, 0.2) is 47.9 Å². The van der Waals surface area contributed by atoms with E-state index in [1.54, 1.807) is 26.4 Å². The van der Waals surface area contributed by atoms with E-state index in [-0.39, 0.29) is 5.56 Å². The number of halogens is 2. The third-order valence-electron chi connectivity index (χ3n) is 9.18. The highest BCUT2D eigenvalue weighted by Gasteiger charge is 2.32. The van der Waals surface area contributed by atoms with Gasteiger partial charge < -0.3 is 24.7 Å². The Labute approximate surface area is 268 Å². The number of oxime groups is 1. The van der Waals surface area contributed by atoms with E-state index in [1.165, 1.54) is 17.5 Å². The summed E-state index contributed by atoms with van der Waals surface area (Å²) in [6.45, 7) is 8.61. The van der Waals surface area contributed by atoms with Crippen molar-refractivity contribution in [1.82, 2.24) is 19.8 Å². The first-order valence-electron chi connectivity index (χ1n) is 15.8. The number of hydrogen-bond acceptors (Lipinski definition) is 11. The summed E-state index contributed by atoms with van der Waals surface area (Å²) in [7, 11) is 5.37. The predicted octanol–water partition coefficient (Wildman–Crippen LogP) is 4.98. The second kappa shape index (κ2) is 14.1. The van der Waals surface area contributed by atoms with Crippen LogP contribution in [0.4, 0.5) is 31.8 Å². The maximum Gasteiger partial charge on any atom is 0.164 e. The zero-order valence-electron chi connectivity index (χ0n) is 26.9. The number of benzene rings is 2. The van der Waals surface area contributed by atoms with Crippen molar-refractivity contribution in [2.75, 3.05) is 82.4 Å². The Bertz CT molecular complexity index is 1540. The molecule has 3 fully saturated rings. The fourth-order valence-corrected chi connectivity index (χ4v) is 6.66. The molecule has 46 heavy (non-hydrogen) atoms. The van der Waals surface area contributed by atoms with Gasteiger partial charge in [0, 0.05) is 80.7 Å². The first-order valence-corrected chi connectivity index (χ1v) is 15.8. The average molecular weight is 637 g/mol. The molecule has 0 saturated carbocycles. The van der Waals surface area contributed by atoms with Gasteiger partial charge in [0.15, 0.2) is 17.5 Å². The van der Waals surface area contributed by atoms with Crippen LogP contribution in [-0.2, 0) is 9.68 Å². The third-order valence-corrected chi connectivity index (χ3v) is 9.18. The van der Waals surface area contributed by atoms with Gasteiger partial charge in [-0.1, -0.05) is 17.3 Å². The topological polar surface area (TPSA) is 90.8 Å². The number of nitrogens with zero attached hydrogens (tertiary/aromatic N) is 7. The summed E-state index contributed by atoms with van der Waals surface area (Å²) in [5.74, 6) is -0.246. The van der Waals surface area contributed by atoms with E-state index in [0.29, 0.717) is 42.1 Å². The van der Waals surface area contributed by atoms with Gasteiger partial charge in [-0.05, 0) is 38.9 Å². The Morgan fingerprint density at radius 2 is 1.78 bits per heavy atom. The van der Waals surface area contributed by atoms with E-state index in [2.05, 4.69) is 42.2 Å². The van der Waals surface area contributed by atoms with Gasteiger partial charge in [0.1, 0.15) is 25.0 Å². The molecule has 0 spiro atoms. The molecule has 1 N–H and O–H groups in total. The molecule has 11 nitrogen and oxygen atoms in total. The minimum Gasteiger partial charge on any atom is -0.494 e. The van der Waals surface area contributed by atoms with Crippen molar-refractivity contribution in [3.8, 4) is 5.75 Å². The number of hydrogen-bond donors (Lipinski definition) is 1. The molecule has 4 heterocycles. The number of piperazine rings is 1. The Morgan fingerprint density at radius 3 is 2.52 bits per heavy atom. The second-order valence-electron chi connectivity index (χ2n) is 12.0. The molecule has 3 aromatic rings.